The highest BCUT2D eigenvalue weighted by atomic mass is 14.7. The van der Waals surface area contributed by atoms with Gasteiger partial charge in [-0.2, -0.15) is 0 Å². The molecule has 0 aliphatic rings. The van der Waals surface area contributed by atoms with E-state index in [2.05, 4.69) is 155 Å². The summed E-state index contributed by atoms with van der Waals surface area (Å²) < 4.78 is 0. The summed E-state index contributed by atoms with van der Waals surface area (Å²) >= 11 is 0. The summed E-state index contributed by atoms with van der Waals surface area (Å²) in [5.41, 5.74) is 13.4. The van der Waals surface area contributed by atoms with E-state index in [9.17, 15) is 0 Å². The number of hydrogen-bond acceptors (Lipinski definition) is 2. The third-order valence-corrected chi connectivity index (χ3v) is 8.76. The van der Waals surface area contributed by atoms with Crippen LogP contribution < -0.4 is 0 Å². The lowest BCUT2D eigenvalue weighted by Crippen LogP contribution is -2.16. The molecule has 7 aromatic rings. The van der Waals surface area contributed by atoms with Crippen molar-refractivity contribution >= 4 is 21.8 Å². The van der Waals surface area contributed by atoms with E-state index >= 15 is 0 Å². The van der Waals surface area contributed by atoms with Crippen LogP contribution in [0.4, 0.5) is 0 Å². The molecule has 3 heterocycles. The van der Waals surface area contributed by atoms with Crippen molar-refractivity contribution < 1.29 is 0 Å². The predicted octanol–water partition coefficient (Wildman–Crippen LogP) is 11.4. The van der Waals surface area contributed by atoms with Crippen molar-refractivity contribution in [1.82, 2.24) is 15.0 Å². The van der Waals surface area contributed by atoms with Crippen LogP contribution in [-0.4, -0.2) is 15.0 Å². The minimum Gasteiger partial charge on any atom is -0.354 e. The summed E-state index contributed by atoms with van der Waals surface area (Å²) in [5, 5.41) is 2.43. The molecule has 0 aliphatic carbocycles. The van der Waals surface area contributed by atoms with Crippen molar-refractivity contribution in [2.45, 2.75) is 52.4 Å². The minimum atomic E-state index is 0.0155. The molecule has 45 heavy (non-hydrogen) atoms. The Morgan fingerprint density at radius 2 is 1.11 bits per heavy atom. The summed E-state index contributed by atoms with van der Waals surface area (Å²) in [5.74, 6) is 0. The summed E-state index contributed by atoms with van der Waals surface area (Å²) in [6.07, 6.45) is 1.84. The number of fused-ring (bicyclic) bond motifs is 3. The fraction of sp³-hybridized carbons (Fsp3) is 0.190. The first-order chi connectivity index (χ1) is 21.5. The first-order valence-electron chi connectivity index (χ1n) is 15.7. The topological polar surface area (TPSA) is 41.6 Å². The van der Waals surface area contributed by atoms with Crippen LogP contribution in [0.15, 0.2) is 121 Å². The molecule has 0 fully saturated rings. The van der Waals surface area contributed by atoms with E-state index in [4.69, 9.17) is 4.98 Å². The number of aromatic nitrogens is 3. The molecule has 0 radical (unpaired) electrons. The number of para-hydroxylation sites is 2. The maximum atomic E-state index is 5.36. The van der Waals surface area contributed by atoms with E-state index in [0.29, 0.717) is 0 Å². The van der Waals surface area contributed by atoms with Crippen LogP contribution in [0.1, 0.15) is 52.7 Å². The van der Waals surface area contributed by atoms with Crippen molar-refractivity contribution in [3.8, 4) is 44.9 Å². The van der Waals surface area contributed by atoms with Crippen molar-refractivity contribution in [1.29, 1.82) is 0 Å². The van der Waals surface area contributed by atoms with Gasteiger partial charge in [0, 0.05) is 39.2 Å². The molecule has 7 rings (SSSR count). The predicted molar refractivity (Wildman–Crippen MR) is 191 cm³/mol. The van der Waals surface area contributed by atoms with Crippen molar-refractivity contribution in [2.75, 3.05) is 0 Å². The fourth-order valence-electron chi connectivity index (χ4n) is 6.10. The first kappa shape index (κ1) is 28.7. The molecule has 0 spiro atoms. The highest BCUT2D eigenvalue weighted by molar-refractivity contribution is 6.11. The Bertz CT molecular complexity index is 2140. The van der Waals surface area contributed by atoms with Crippen LogP contribution in [-0.2, 0) is 10.8 Å². The van der Waals surface area contributed by atoms with Gasteiger partial charge < -0.3 is 4.98 Å². The highest BCUT2D eigenvalue weighted by Crippen LogP contribution is 2.39. The van der Waals surface area contributed by atoms with Crippen LogP contribution in [0.3, 0.4) is 0 Å². The van der Waals surface area contributed by atoms with Gasteiger partial charge in [-0.1, -0.05) is 120 Å². The van der Waals surface area contributed by atoms with Crippen LogP contribution in [0.25, 0.3) is 66.7 Å². The van der Waals surface area contributed by atoms with Crippen molar-refractivity contribution in [3.05, 3.63) is 133 Å². The molecule has 0 aliphatic heterocycles. The van der Waals surface area contributed by atoms with Crippen LogP contribution in [0.5, 0.6) is 0 Å². The summed E-state index contributed by atoms with van der Waals surface area (Å²) in [7, 11) is 0. The number of nitrogens with zero attached hydrogens (tertiary/aromatic N) is 2. The SMILES string of the molecule is CC(C)(C)c1cc(-c2cc(-c3cccc(-c4ccccn4)c3)nc(-c3cccc4c3[nH]c3ccccc34)c2)cc(C(C)(C)C)c1. The molecular formula is C42H39N3. The van der Waals surface area contributed by atoms with Gasteiger partial charge in [-0.25, -0.2) is 4.98 Å². The molecule has 1 N–H and O–H groups in total. The molecule has 0 saturated carbocycles. The molecule has 0 bridgehead atoms. The lowest BCUT2D eigenvalue weighted by molar-refractivity contribution is 0.569. The summed E-state index contributed by atoms with van der Waals surface area (Å²) in [4.78, 5) is 13.7. The van der Waals surface area contributed by atoms with E-state index in [1.165, 1.54) is 27.5 Å². The van der Waals surface area contributed by atoms with Crippen molar-refractivity contribution in [3.63, 3.8) is 0 Å². The minimum absolute atomic E-state index is 0.0155. The number of rotatable bonds is 4. The number of benzene rings is 4. The second kappa shape index (κ2) is 10.9. The molecule has 0 amide bonds. The quantitative estimate of drug-likeness (QED) is 0.223. The Hall–Kier alpha value is -5.02. The molecule has 0 unspecified atom stereocenters. The number of aromatic amines is 1. The molecule has 4 aromatic carbocycles. The van der Waals surface area contributed by atoms with Crippen LogP contribution >= 0.6 is 0 Å². The number of nitrogens with one attached hydrogen (secondary N) is 1. The van der Waals surface area contributed by atoms with Gasteiger partial charge in [0.1, 0.15) is 0 Å². The first-order valence-corrected chi connectivity index (χ1v) is 15.7. The zero-order valence-electron chi connectivity index (χ0n) is 26.9. The smallest absolute Gasteiger partial charge is 0.0736 e. The van der Waals surface area contributed by atoms with Gasteiger partial charge in [0.05, 0.1) is 22.6 Å². The Morgan fingerprint density at radius 1 is 0.489 bits per heavy atom. The third kappa shape index (κ3) is 5.55. The Morgan fingerprint density at radius 3 is 1.82 bits per heavy atom. The van der Waals surface area contributed by atoms with Gasteiger partial charge in [-0.05, 0) is 69.5 Å². The fourth-order valence-corrected chi connectivity index (χ4v) is 6.10. The second-order valence-corrected chi connectivity index (χ2v) is 14.1. The number of pyridine rings is 2. The Balaban J connectivity index is 1.49. The maximum absolute atomic E-state index is 5.36. The summed E-state index contributed by atoms with van der Waals surface area (Å²) in [6.45, 7) is 13.8. The Kier molecular flexibility index (Phi) is 6.93. The maximum Gasteiger partial charge on any atom is 0.0736 e. The van der Waals surface area contributed by atoms with Crippen LogP contribution in [0.2, 0.25) is 0 Å². The second-order valence-electron chi connectivity index (χ2n) is 14.1. The van der Waals surface area contributed by atoms with Gasteiger partial charge in [0.25, 0.3) is 0 Å². The van der Waals surface area contributed by atoms with Gasteiger partial charge in [-0.15, -0.1) is 0 Å². The lowest BCUT2D eigenvalue weighted by atomic mass is 9.79. The van der Waals surface area contributed by atoms with E-state index in [1.54, 1.807) is 0 Å². The molecular weight excluding hydrogens is 546 g/mol. The number of hydrogen-bond donors (Lipinski definition) is 1. The van der Waals surface area contributed by atoms with Crippen LogP contribution in [0, 0.1) is 0 Å². The van der Waals surface area contributed by atoms with Gasteiger partial charge in [0.15, 0.2) is 0 Å². The number of H-pyrrole nitrogens is 1. The standard InChI is InChI=1S/C42H39N3/c1-41(2,3)31-22-29(23-32(26-31)42(4,5)6)30-24-38(28-14-11-13-27(21-28)36-18-9-10-20-43-36)44-39(25-30)35-17-12-16-34-33-15-7-8-19-37(33)45-40(34)35/h7-26,45H,1-6H3. The zero-order chi connectivity index (χ0) is 31.3. The molecule has 3 nitrogen and oxygen atoms in total. The average molecular weight is 586 g/mol. The molecule has 3 aromatic heterocycles. The third-order valence-electron chi connectivity index (χ3n) is 8.76. The van der Waals surface area contributed by atoms with E-state index in [1.807, 2.05) is 18.3 Å². The van der Waals surface area contributed by atoms with Gasteiger partial charge in [0.2, 0.25) is 0 Å². The molecule has 3 heteroatoms. The van der Waals surface area contributed by atoms with Gasteiger partial charge >= 0.3 is 0 Å². The molecule has 222 valence electrons. The van der Waals surface area contributed by atoms with E-state index < -0.39 is 0 Å². The summed E-state index contributed by atoms with van der Waals surface area (Å²) in [6, 6.07) is 41.3. The monoisotopic (exact) mass is 585 g/mol. The average Bonchev–Trinajstić information content (AvgIpc) is 3.43. The largest absolute Gasteiger partial charge is 0.354 e. The normalized spacial score (nSPS) is 12.2. The van der Waals surface area contributed by atoms with E-state index in [-0.39, 0.29) is 10.8 Å². The van der Waals surface area contributed by atoms with E-state index in [0.717, 1.165) is 50.4 Å². The molecule has 0 saturated heterocycles. The Labute approximate surface area is 266 Å². The molecule has 0 atom stereocenters. The zero-order valence-corrected chi connectivity index (χ0v) is 26.9. The lowest BCUT2D eigenvalue weighted by Gasteiger charge is -2.26. The highest BCUT2D eigenvalue weighted by Gasteiger charge is 2.22. The van der Waals surface area contributed by atoms with Gasteiger partial charge in [-0.3, -0.25) is 4.98 Å². The van der Waals surface area contributed by atoms with Crippen molar-refractivity contribution in [2.24, 2.45) is 0 Å².